The number of quaternary nitrogens is 1. The molecule has 9 heteroatoms. The molecule has 148 valence electrons. The Morgan fingerprint density at radius 1 is 1.19 bits per heavy atom. The molecule has 2 aliphatic heterocycles. The SMILES string of the molecule is O=C(C[NH+]1CCN(C(=O)C[C@H]2CCS(=O)(=O)C2)CC1)Nc1ccc(F)cc1. The second-order valence-corrected chi connectivity index (χ2v) is 9.56. The molecule has 0 saturated carbocycles. The molecule has 2 saturated heterocycles. The molecule has 0 radical (unpaired) electrons. The van der Waals surface area contributed by atoms with Crippen LogP contribution in [-0.2, 0) is 19.4 Å². The summed E-state index contributed by atoms with van der Waals surface area (Å²) in [5, 5.41) is 2.74. The maximum Gasteiger partial charge on any atom is 0.279 e. The third kappa shape index (κ3) is 5.74. The Morgan fingerprint density at radius 3 is 2.44 bits per heavy atom. The van der Waals surface area contributed by atoms with Crippen LogP contribution in [0.3, 0.4) is 0 Å². The van der Waals surface area contributed by atoms with Crippen molar-refractivity contribution in [1.29, 1.82) is 0 Å². The Labute approximate surface area is 158 Å². The summed E-state index contributed by atoms with van der Waals surface area (Å²) in [6.07, 6.45) is 0.864. The smallest absolute Gasteiger partial charge is 0.279 e. The Morgan fingerprint density at radius 2 is 1.85 bits per heavy atom. The van der Waals surface area contributed by atoms with Crippen LogP contribution < -0.4 is 10.2 Å². The van der Waals surface area contributed by atoms with Crippen molar-refractivity contribution in [2.45, 2.75) is 12.8 Å². The summed E-state index contributed by atoms with van der Waals surface area (Å²) >= 11 is 0. The molecule has 7 nitrogen and oxygen atoms in total. The number of hydrogen-bond donors (Lipinski definition) is 2. The van der Waals surface area contributed by atoms with Crippen molar-refractivity contribution in [2.75, 3.05) is 49.5 Å². The molecule has 2 aliphatic rings. The monoisotopic (exact) mass is 398 g/mol. The lowest BCUT2D eigenvalue weighted by Crippen LogP contribution is -3.15. The van der Waals surface area contributed by atoms with Crippen LogP contribution in [0.4, 0.5) is 10.1 Å². The van der Waals surface area contributed by atoms with Gasteiger partial charge in [0.2, 0.25) is 5.91 Å². The normalized spacial score (nSPS) is 22.6. The Hall–Kier alpha value is -2.00. The van der Waals surface area contributed by atoms with Crippen molar-refractivity contribution in [1.82, 2.24) is 4.90 Å². The zero-order valence-corrected chi connectivity index (χ0v) is 15.9. The lowest BCUT2D eigenvalue weighted by atomic mass is 10.0. The molecule has 3 rings (SSSR count). The highest BCUT2D eigenvalue weighted by Crippen LogP contribution is 2.22. The summed E-state index contributed by atoms with van der Waals surface area (Å²) in [7, 11) is -2.96. The van der Waals surface area contributed by atoms with E-state index in [0.29, 0.717) is 51.3 Å². The maximum absolute atomic E-state index is 12.9. The number of piperazine rings is 1. The molecule has 27 heavy (non-hydrogen) atoms. The van der Waals surface area contributed by atoms with Gasteiger partial charge >= 0.3 is 0 Å². The first-order chi connectivity index (χ1) is 12.8. The number of anilines is 1. The van der Waals surface area contributed by atoms with Gasteiger partial charge in [-0.15, -0.1) is 0 Å². The fourth-order valence-electron chi connectivity index (χ4n) is 3.62. The second kappa shape index (κ2) is 8.35. The Balaban J connectivity index is 1.40. The molecule has 0 aliphatic carbocycles. The fraction of sp³-hybridized carbons (Fsp3) is 0.556. The van der Waals surface area contributed by atoms with Crippen LogP contribution in [0.5, 0.6) is 0 Å². The zero-order valence-electron chi connectivity index (χ0n) is 15.1. The van der Waals surface area contributed by atoms with Gasteiger partial charge in [-0.05, 0) is 36.6 Å². The number of carbonyl (C=O) groups is 2. The molecule has 0 spiro atoms. The van der Waals surface area contributed by atoms with Gasteiger partial charge in [-0.3, -0.25) is 9.59 Å². The van der Waals surface area contributed by atoms with E-state index in [1.165, 1.54) is 24.3 Å². The van der Waals surface area contributed by atoms with Gasteiger partial charge in [0.1, 0.15) is 5.82 Å². The predicted octanol–water partition coefficient (Wildman–Crippen LogP) is -0.684. The quantitative estimate of drug-likeness (QED) is 0.688. The summed E-state index contributed by atoms with van der Waals surface area (Å²) < 4.78 is 35.9. The van der Waals surface area contributed by atoms with Gasteiger partial charge in [0, 0.05) is 12.1 Å². The van der Waals surface area contributed by atoms with Crippen LogP contribution in [-0.4, -0.2) is 69.4 Å². The third-order valence-corrected chi connectivity index (χ3v) is 6.99. The molecule has 2 amide bonds. The molecule has 0 unspecified atom stereocenters. The minimum Gasteiger partial charge on any atom is -0.331 e. The highest BCUT2D eigenvalue weighted by molar-refractivity contribution is 7.91. The van der Waals surface area contributed by atoms with Crippen molar-refractivity contribution in [3.63, 3.8) is 0 Å². The largest absolute Gasteiger partial charge is 0.331 e. The highest BCUT2D eigenvalue weighted by atomic mass is 32.2. The van der Waals surface area contributed by atoms with Crippen molar-refractivity contribution in [2.24, 2.45) is 5.92 Å². The van der Waals surface area contributed by atoms with E-state index in [1.807, 2.05) is 0 Å². The number of hydrogen-bond acceptors (Lipinski definition) is 4. The zero-order chi connectivity index (χ0) is 19.4. The van der Waals surface area contributed by atoms with E-state index < -0.39 is 9.84 Å². The van der Waals surface area contributed by atoms with Crippen molar-refractivity contribution in [3.05, 3.63) is 30.1 Å². The van der Waals surface area contributed by atoms with E-state index in [9.17, 15) is 22.4 Å². The van der Waals surface area contributed by atoms with Gasteiger partial charge in [-0.2, -0.15) is 0 Å². The number of halogens is 1. The molecule has 1 aromatic carbocycles. The van der Waals surface area contributed by atoms with E-state index in [4.69, 9.17) is 0 Å². The van der Waals surface area contributed by atoms with Crippen LogP contribution in [0.15, 0.2) is 24.3 Å². The average Bonchev–Trinajstić information content (AvgIpc) is 2.96. The highest BCUT2D eigenvalue weighted by Gasteiger charge is 2.32. The predicted molar refractivity (Wildman–Crippen MR) is 98.6 cm³/mol. The number of nitrogens with zero attached hydrogens (tertiary/aromatic N) is 1. The van der Waals surface area contributed by atoms with E-state index in [2.05, 4.69) is 5.32 Å². The maximum atomic E-state index is 12.9. The van der Waals surface area contributed by atoms with Gasteiger partial charge in [-0.1, -0.05) is 0 Å². The average molecular weight is 398 g/mol. The summed E-state index contributed by atoms with van der Waals surface area (Å²) in [5.41, 5.74) is 0.557. The molecular formula is C18H25FN3O4S+. The third-order valence-electron chi connectivity index (χ3n) is 5.15. The van der Waals surface area contributed by atoms with Crippen LogP contribution >= 0.6 is 0 Å². The van der Waals surface area contributed by atoms with Crippen molar-refractivity contribution < 1.29 is 27.3 Å². The molecule has 0 aromatic heterocycles. The van der Waals surface area contributed by atoms with Gasteiger partial charge in [-0.25, -0.2) is 12.8 Å². The second-order valence-electron chi connectivity index (χ2n) is 7.34. The number of rotatable bonds is 5. The first kappa shape index (κ1) is 19.8. The van der Waals surface area contributed by atoms with Crippen LogP contribution in [0.2, 0.25) is 0 Å². The van der Waals surface area contributed by atoms with Gasteiger partial charge < -0.3 is 15.1 Å². The van der Waals surface area contributed by atoms with E-state index in [0.717, 1.165) is 4.90 Å². The fourth-order valence-corrected chi connectivity index (χ4v) is 5.49. The molecule has 2 fully saturated rings. The summed E-state index contributed by atoms with van der Waals surface area (Å²) in [6.45, 7) is 2.77. The molecule has 2 heterocycles. The number of benzene rings is 1. The van der Waals surface area contributed by atoms with E-state index in [1.54, 1.807) is 4.90 Å². The molecular weight excluding hydrogens is 373 g/mol. The number of carbonyl (C=O) groups excluding carboxylic acids is 2. The Bertz CT molecular complexity index is 789. The first-order valence-electron chi connectivity index (χ1n) is 9.18. The number of nitrogens with one attached hydrogen (secondary N) is 2. The molecule has 2 N–H and O–H groups in total. The van der Waals surface area contributed by atoms with E-state index in [-0.39, 0.29) is 35.1 Å². The summed E-state index contributed by atoms with van der Waals surface area (Å²) in [6, 6.07) is 5.62. The lowest BCUT2D eigenvalue weighted by Gasteiger charge is -2.32. The molecule has 1 atom stereocenters. The van der Waals surface area contributed by atoms with Crippen molar-refractivity contribution in [3.8, 4) is 0 Å². The van der Waals surface area contributed by atoms with Gasteiger partial charge in [0.05, 0.1) is 37.7 Å². The van der Waals surface area contributed by atoms with Crippen LogP contribution in [0, 0.1) is 11.7 Å². The standard InChI is InChI=1S/C18H24FN3O4S/c19-15-1-3-16(4-2-15)20-17(23)12-21-6-8-22(9-7-21)18(24)11-14-5-10-27(25,26)13-14/h1-4,14H,5-13H2,(H,20,23)/p+1/t14-/m1/s1. The van der Waals surface area contributed by atoms with Crippen LogP contribution in [0.25, 0.3) is 0 Å². The number of amides is 2. The minimum atomic E-state index is -2.96. The van der Waals surface area contributed by atoms with Gasteiger partial charge in [0.25, 0.3) is 5.91 Å². The van der Waals surface area contributed by atoms with Crippen LogP contribution in [0.1, 0.15) is 12.8 Å². The topological polar surface area (TPSA) is 88.0 Å². The summed E-state index contributed by atoms with van der Waals surface area (Å²) in [4.78, 5) is 27.3. The minimum absolute atomic E-state index is 0.00640. The molecule has 1 aromatic rings. The summed E-state index contributed by atoms with van der Waals surface area (Å²) in [5.74, 6) is -0.247. The lowest BCUT2D eigenvalue weighted by molar-refractivity contribution is -0.895. The first-order valence-corrected chi connectivity index (χ1v) is 11.0. The van der Waals surface area contributed by atoms with E-state index >= 15 is 0 Å². The molecule has 0 bridgehead atoms. The van der Waals surface area contributed by atoms with Gasteiger partial charge in [0.15, 0.2) is 16.4 Å². The Kier molecular flexibility index (Phi) is 6.11. The number of sulfone groups is 1. The van der Waals surface area contributed by atoms with Crippen molar-refractivity contribution >= 4 is 27.3 Å².